The molecule has 1 aromatic heterocycles. The molecule has 0 aliphatic heterocycles. The van der Waals surface area contributed by atoms with Crippen LogP contribution >= 0.6 is 22.9 Å². The van der Waals surface area contributed by atoms with Crippen molar-refractivity contribution in [3.63, 3.8) is 0 Å². The van der Waals surface area contributed by atoms with E-state index in [2.05, 4.69) is 0 Å². The number of carbonyl (C=O) groups is 1. The fraction of sp³-hybridized carbons (Fsp3) is 0.500. The van der Waals surface area contributed by atoms with Gasteiger partial charge in [0.25, 0.3) is 10.0 Å². The van der Waals surface area contributed by atoms with E-state index >= 15 is 0 Å². The van der Waals surface area contributed by atoms with Gasteiger partial charge in [-0.25, -0.2) is 8.42 Å². The molecule has 2 atom stereocenters. The van der Waals surface area contributed by atoms with E-state index in [4.69, 9.17) is 11.6 Å². The highest BCUT2D eigenvalue weighted by Gasteiger charge is 2.35. The fourth-order valence-electron chi connectivity index (χ4n) is 1.47. The number of thiophene rings is 1. The summed E-state index contributed by atoms with van der Waals surface area (Å²) >= 11 is 6.47. The summed E-state index contributed by atoms with van der Waals surface area (Å²) in [5, 5.41) is 1.38. The van der Waals surface area contributed by atoms with Crippen LogP contribution in [0.25, 0.3) is 0 Å². The van der Waals surface area contributed by atoms with Crippen LogP contribution in [0.3, 0.4) is 0 Å². The third kappa shape index (κ3) is 4.72. The maximum absolute atomic E-state index is 12.3. The highest BCUT2D eigenvalue weighted by Crippen LogP contribution is 2.29. The Morgan fingerprint density at radius 3 is 2.50 bits per heavy atom. The molecule has 114 valence electrons. The number of sulfonamides is 1. The Morgan fingerprint density at radius 2 is 2.10 bits per heavy atom. The zero-order chi connectivity index (χ0) is 15.6. The molecule has 1 heterocycles. The molecule has 0 spiro atoms. The number of halogens is 4. The Bertz CT molecular complexity index is 571. The Hall–Kier alpha value is -0.640. The van der Waals surface area contributed by atoms with Gasteiger partial charge in [0.1, 0.15) is 6.29 Å². The van der Waals surface area contributed by atoms with Gasteiger partial charge in [0.2, 0.25) is 0 Å². The number of hydrogen-bond donors (Lipinski definition) is 1. The second-order valence-corrected chi connectivity index (χ2v) is 7.37. The highest BCUT2D eigenvalue weighted by molar-refractivity contribution is 7.91. The van der Waals surface area contributed by atoms with Gasteiger partial charge in [0.05, 0.1) is 11.1 Å². The number of carbonyl (C=O) groups excluding carboxylic acids is 1. The second-order valence-electron chi connectivity index (χ2n) is 4.14. The smallest absolute Gasteiger partial charge is 0.302 e. The van der Waals surface area contributed by atoms with E-state index in [1.54, 1.807) is 0 Å². The number of hydrogen-bond acceptors (Lipinski definition) is 4. The monoisotopic (exact) mass is 349 g/mol. The van der Waals surface area contributed by atoms with Crippen LogP contribution in [0.5, 0.6) is 0 Å². The van der Waals surface area contributed by atoms with Crippen LogP contribution < -0.4 is 4.72 Å². The van der Waals surface area contributed by atoms with Crippen molar-refractivity contribution < 1.29 is 26.4 Å². The molecule has 0 aliphatic carbocycles. The van der Waals surface area contributed by atoms with Gasteiger partial charge in [0, 0.05) is 6.42 Å². The van der Waals surface area contributed by atoms with Crippen molar-refractivity contribution in [2.45, 2.75) is 29.8 Å². The van der Waals surface area contributed by atoms with Gasteiger partial charge in [-0.05, 0) is 17.4 Å². The fourth-order valence-corrected chi connectivity index (χ4v) is 4.45. The lowest BCUT2D eigenvalue weighted by molar-refractivity contribution is -0.145. The van der Waals surface area contributed by atoms with E-state index in [0.717, 1.165) is 18.3 Å². The lowest BCUT2D eigenvalue weighted by Crippen LogP contribution is -2.41. The van der Waals surface area contributed by atoms with Gasteiger partial charge in [-0.2, -0.15) is 17.9 Å². The summed E-state index contributed by atoms with van der Waals surface area (Å²) in [4.78, 5) is 10.8. The molecule has 1 N–H and O–H groups in total. The highest BCUT2D eigenvalue weighted by atomic mass is 35.5. The summed E-state index contributed by atoms with van der Waals surface area (Å²) in [5.41, 5.74) is 0. The van der Waals surface area contributed by atoms with Crippen LogP contribution in [0, 0.1) is 5.92 Å². The third-order valence-electron chi connectivity index (χ3n) is 2.43. The standard InChI is InChI=1S/C10H11ClF3NO3S2/c1-6(4-10(12,13)14)8(5-16)15-20(17,18)9-7(11)2-3-19-9/h2-3,5-6,8,15H,4H2,1H3/t6-,8-/m1/s1. The first-order chi connectivity index (χ1) is 9.07. The molecule has 0 bridgehead atoms. The number of alkyl halides is 3. The van der Waals surface area contributed by atoms with Gasteiger partial charge in [-0.1, -0.05) is 18.5 Å². The molecular weight excluding hydrogens is 339 g/mol. The molecule has 0 saturated carbocycles. The van der Waals surface area contributed by atoms with Crippen LogP contribution in [-0.4, -0.2) is 26.9 Å². The zero-order valence-corrected chi connectivity index (χ0v) is 12.5. The molecular formula is C10H11ClF3NO3S2. The summed E-state index contributed by atoms with van der Waals surface area (Å²) in [6, 6.07) is -0.129. The summed E-state index contributed by atoms with van der Waals surface area (Å²) in [7, 11) is -4.12. The van der Waals surface area contributed by atoms with Gasteiger partial charge in [0.15, 0.2) is 4.21 Å². The van der Waals surface area contributed by atoms with Crippen LogP contribution in [0.1, 0.15) is 13.3 Å². The number of nitrogens with one attached hydrogen (secondary N) is 1. The second kappa shape index (κ2) is 6.42. The van der Waals surface area contributed by atoms with Crippen LogP contribution in [-0.2, 0) is 14.8 Å². The maximum atomic E-state index is 12.3. The quantitative estimate of drug-likeness (QED) is 0.803. The van der Waals surface area contributed by atoms with Crippen molar-refractivity contribution in [1.82, 2.24) is 4.72 Å². The molecule has 0 aliphatic rings. The maximum Gasteiger partial charge on any atom is 0.389 e. The predicted molar refractivity (Wildman–Crippen MR) is 69.3 cm³/mol. The molecule has 0 fully saturated rings. The van der Waals surface area contributed by atoms with Crippen molar-refractivity contribution in [3.8, 4) is 0 Å². The van der Waals surface area contributed by atoms with Gasteiger partial charge in [-0.15, -0.1) is 11.3 Å². The zero-order valence-electron chi connectivity index (χ0n) is 10.1. The molecule has 0 aromatic carbocycles. The SMILES string of the molecule is C[C@H](CC(F)(F)F)[C@@H](C=O)NS(=O)(=O)c1sccc1Cl. The lowest BCUT2D eigenvalue weighted by atomic mass is 10.0. The van der Waals surface area contributed by atoms with E-state index in [9.17, 15) is 26.4 Å². The van der Waals surface area contributed by atoms with Gasteiger partial charge >= 0.3 is 6.18 Å². The number of aldehydes is 1. The average Bonchev–Trinajstić information content (AvgIpc) is 2.70. The minimum absolute atomic E-state index is 0.0457. The van der Waals surface area contributed by atoms with Crippen LogP contribution in [0.2, 0.25) is 5.02 Å². The molecule has 1 rings (SSSR count). The summed E-state index contributed by atoms with van der Waals surface area (Å²) < 4.78 is 62.3. The topological polar surface area (TPSA) is 63.2 Å². The number of rotatable bonds is 6. The first-order valence-electron chi connectivity index (χ1n) is 5.34. The summed E-state index contributed by atoms with van der Waals surface area (Å²) in [5.74, 6) is -1.22. The largest absolute Gasteiger partial charge is 0.389 e. The van der Waals surface area contributed by atoms with Crippen LogP contribution in [0.4, 0.5) is 13.2 Å². The molecule has 0 saturated heterocycles. The minimum Gasteiger partial charge on any atom is -0.302 e. The summed E-state index contributed by atoms with van der Waals surface area (Å²) in [6.07, 6.45) is -5.60. The minimum atomic E-state index is -4.48. The molecule has 1 aromatic rings. The average molecular weight is 350 g/mol. The van der Waals surface area contributed by atoms with Crippen molar-refractivity contribution in [2.75, 3.05) is 0 Å². The molecule has 20 heavy (non-hydrogen) atoms. The van der Waals surface area contributed by atoms with Gasteiger partial charge < -0.3 is 4.79 Å². The van der Waals surface area contributed by atoms with Crippen molar-refractivity contribution in [1.29, 1.82) is 0 Å². The van der Waals surface area contributed by atoms with Gasteiger partial charge in [-0.3, -0.25) is 0 Å². The third-order valence-corrected chi connectivity index (χ3v) is 5.92. The first-order valence-corrected chi connectivity index (χ1v) is 8.08. The Balaban J connectivity index is 2.89. The Labute approximate surface area is 123 Å². The van der Waals surface area contributed by atoms with E-state index in [0.29, 0.717) is 0 Å². The van der Waals surface area contributed by atoms with Crippen molar-refractivity contribution in [2.24, 2.45) is 5.92 Å². The Morgan fingerprint density at radius 1 is 1.50 bits per heavy atom. The molecule has 0 radical (unpaired) electrons. The normalized spacial score (nSPS) is 15.8. The Kier molecular flexibility index (Phi) is 5.59. The van der Waals surface area contributed by atoms with E-state index in [1.807, 2.05) is 4.72 Å². The molecule has 0 unspecified atom stereocenters. The van der Waals surface area contributed by atoms with Crippen molar-refractivity contribution >= 4 is 39.2 Å². The first kappa shape index (κ1) is 17.4. The lowest BCUT2D eigenvalue weighted by Gasteiger charge is -2.20. The van der Waals surface area contributed by atoms with E-state index in [1.165, 1.54) is 11.4 Å². The summed E-state index contributed by atoms with van der Waals surface area (Å²) in [6.45, 7) is 1.14. The van der Waals surface area contributed by atoms with Crippen LogP contribution in [0.15, 0.2) is 15.7 Å². The molecule has 10 heteroatoms. The van der Waals surface area contributed by atoms with E-state index < -0.39 is 34.6 Å². The predicted octanol–water partition coefficient (Wildman–Crippen LogP) is 2.84. The molecule has 0 amide bonds. The molecule has 4 nitrogen and oxygen atoms in total. The van der Waals surface area contributed by atoms with Crippen molar-refractivity contribution in [3.05, 3.63) is 16.5 Å². The van der Waals surface area contributed by atoms with E-state index in [-0.39, 0.29) is 15.5 Å².